The van der Waals surface area contributed by atoms with Gasteiger partial charge in [-0.3, -0.25) is 0 Å². The van der Waals surface area contributed by atoms with E-state index in [1.807, 2.05) is 6.07 Å². The van der Waals surface area contributed by atoms with Crippen molar-refractivity contribution in [2.45, 2.75) is 25.2 Å². The van der Waals surface area contributed by atoms with Crippen LogP contribution in [0.3, 0.4) is 0 Å². The number of ether oxygens (including phenoxy) is 2. The topological polar surface area (TPSA) is 44.5 Å². The van der Waals surface area contributed by atoms with Crippen LogP contribution in [0.2, 0.25) is 0 Å². The highest BCUT2D eigenvalue weighted by molar-refractivity contribution is 5.52. The van der Waals surface area contributed by atoms with Crippen molar-refractivity contribution in [3.8, 4) is 11.5 Å². The molecular formula is C13H19NO2. The Kier molecular flexibility index (Phi) is 3.34. The molecule has 0 aromatic heterocycles. The predicted molar refractivity (Wildman–Crippen MR) is 64.3 cm³/mol. The van der Waals surface area contributed by atoms with Crippen molar-refractivity contribution in [2.75, 3.05) is 20.8 Å². The number of hydrogen-bond acceptors (Lipinski definition) is 3. The van der Waals surface area contributed by atoms with E-state index < -0.39 is 0 Å². The molecule has 0 amide bonds. The normalized spacial score (nSPS) is 19.1. The number of rotatable bonds is 3. The Labute approximate surface area is 96.5 Å². The quantitative estimate of drug-likeness (QED) is 0.850. The minimum atomic E-state index is 0.476. The number of hydrogen-bond donors (Lipinski definition) is 1. The molecule has 1 atom stereocenters. The summed E-state index contributed by atoms with van der Waals surface area (Å²) in [7, 11) is 3.37. The molecule has 2 rings (SSSR count). The Morgan fingerprint density at radius 2 is 2.12 bits per heavy atom. The van der Waals surface area contributed by atoms with Crippen molar-refractivity contribution >= 4 is 0 Å². The number of nitrogens with two attached hydrogens (primary N) is 1. The number of benzene rings is 1. The fourth-order valence-corrected chi connectivity index (χ4v) is 2.57. The second kappa shape index (κ2) is 4.74. The van der Waals surface area contributed by atoms with E-state index in [0.717, 1.165) is 17.9 Å². The van der Waals surface area contributed by atoms with Gasteiger partial charge in [0.2, 0.25) is 0 Å². The molecule has 0 spiro atoms. The van der Waals surface area contributed by atoms with Gasteiger partial charge in [0.15, 0.2) is 11.5 Å². The van der Waals surface area contributed by atoms with Gasteiger partial charge in [-0.2, -0.15) is 0 Å². The summed E-state index contributed by atoms with van der Waals surface area (Å²) in [5.74, 6) is 2.18. The molecule has 0 fully saturated rings. The van der Waals surface area contributed by atoms with E-state index in [4.69, 9.17) is 15.2 Å². The fourth-order valence-electron chi connectivity index (χ4n) is 2.57. The lowest BCUT2D eigenvalue weighted by Crippen LogP contribution is -2.18. The second-order valence-electron chi connectivity index (χ2n) is 4.19. The van der Waals surface area contributed by atoms with E-state index in [2.05, 4.69) is 6.07 Å². The number of fused-ring (bicyclic) bond motifs is 1. The molecule has 3 nitrogen and oxygen atoms in total. The average molecular weight is 221 g/mol. The van der Waals surface area contributed by atoms with Gasteiger partial charge < -0.3 is 15.2 Å². The summed E-state index contributed by atoms with van der Waals surface area (Å²) in [5.41, 5.74) is 8.43. The van der Waals surface area contributed by atoms with Gasteiger partial charge >= 0.3 is 0 Å². The van der Waals surface area contributed by atoms with E-state index >= 15 is 0 Å². The summed E-state index contributed by atoms with van der Waals surface area (Å²) >= 11 is 0. The molecule has 16 heavy (non-hydrogen) atoms. The first-order valence-electron chi connectivity index (χ1n) is 5.75. The first-order chi connectivity index (χ1) is 7.81. The van der Waals surface area contributed by atoms with Gasteiger partial charge in [-0.15, -0.1) is 0 Å². The zero-order valence-corrected chi connectivity index (χ0v) is 9.95. The van der Waals surface area contributed by atoms with Crippen LogP contribution in [0, 0.1) is 0 Å². The lowest BCUT2D eigenvalue weighted by Gasteiger charge is -2.26. The SMILES string of the molecule is COc1ccc2c(c1OC)CCC[C@H]2CN. The highest BCUT2D eigenvalue weighted by Gasteiger charge is 2.23. The molecule has 3 heteroatoms. The van der Waals surface area contributed by atoms with Crippen LogP contribution in [0.25, 0.3) is 0 Å². The minimum absolute atomic E-state index is 0.476. The van der Waals surface area contributed by atoms with Crippen molar-refractivity contribution in [3.05, 3.63) is 23.3 Å². The lowest BCUT2D eigenvalue weighted by molar-refractivity contribution is 0.348. The molecule has 88 valence electrons. The van der Waals surface area contributed by atoms with E-state index in [0.29, 0.717) is 12.5 Å². The summed E-state index contributed by atoms with van der Waals surface area (Å²) in [6.45, 7) is 0.711. The first-order valence-corrected chi connectivity index (χ1v) is 5.75. The maximum Gasteiger partial charge on any atom is 0.164 e. The van der Waals surface area contributed by atoms with Gasteiger partial charge in [0.05, 0.1) is 14.2 Å². The van der Waals surface area contributed by atoms with Crippen LogP contribution >= 0.6 is 0 Å². The zero-order chi connectivity index (χ0) is 11.5. The van der Waals surface area contributed by atoms with E-state index in [1.165, 1.54) is 24.0 Å². The summed E-state index contributed by atoms with van der Waals surface area (Å²) < 4.78 is 10.8. The molecule has 0 aliphatic heterocycles. The summed E-state index contributed by atoms with van der Waals surface area (Å²) in [5, 5.41) is 0. The fraction of sp³-hybridized carbons (Fsp3) is 0.538. The van der Waals surface area contributed by atoms with Gasteiger partial charge in [0, 0.05) is 5.56 Å². The molecular weight excluding hydrogens is 202 g/mol. The Balaban J connectivity index is 2.50. The van der Waals surface area contributed by atoms with Gasteiger partial charge in [-0.05, 0) is 43.4 Å². The van der Waals surface area contributed by atoms with Crippen molar-refractivity contribution in [2.24, 2.45) is 5.73 Å². The Morgan fingerprint density at radius 1 is 1.31 bits per heavy atom. The van der Waals surface area contributed by atoms with Crippen molar-refractivity contribution in [1.82, 2.24) is 0 Å². The van der Waals surface area contributed by atoms with Crippen molar-refractivity contribution < 1.29 is 9.47 Å². The van der Waals surface area contributed by atoms with Crippen LogP contribution in [0.1, 0.15) is 29.9 Å². The maximum atomic E-state index is 5.81. The Hall–Kier alpha value is -1.22. The van der Waals surface area contributed by atoms with Crippen LogP contribution in [0.15, 0.2) is 12.1 Å². The maximum absolute atomic E-state index is 5.81. The van der Waals surface area contributed by atoms with Crippen LogP contribution in [-0.2, 0) is 6.42 Å². The van der Waals surface area contributed by atoms with Crippen LogP contribution in [0.4, 0.5) is 0 Å². The van der Waals surface area contributed by atoms with Crippen molar-refractivity contribution in [1.29, 1.82) is 0 Å². The lowest BCUT2D eigenvalue weighted by atomic mass is 9.82. The molecule has 0 saturated carbocycles. The van der Waals surface area contributed by atoms with Gasteiger partial charge in [0.1, 0.15) is 0 Å². The summed E-state index contributed by atoms with van der Waals surface area (Å²) in [6, 6.07) is 4.11. The second-order valence-corrected chi connectivity index (χ2v) is 4.19. The third-order valence-electron chi connectivity index (χ3n) is 3.39. The minimum Gasteiger partial charge on any atom is -0.493 e. The highest BCUT2D eigenvalue weighted by Crippen LogP contribution is 2.41. The smallest absolute Gasteiger partial charge is 0.164 e. The van der Waals surface area contributed by atoms with Crippen LogP contribution in [-0.4, -0.2) is 20.8 Å². The molecule has 0 unspecified atom stereocenters. The molecule has 1 aromatic rings. The predicted octanol–water partition coefficient (Wildman–Crippen LogP) is 2.08. The standard InChI is InChI=1S/C13H19NO2/c1-15-12-7-6-10-9(8-14)4-3-5-11(10)13(12)16-2/h6-7,9H,3-5,8,14H2,1-2H3/t9-/m0/s1. The van der Waals surface area contributed by atoms with Crippen LogP contribution < -0.4 is 15.2 Å². The molecule has 0 saturated heterocycles. The molecule has 1 aliphatic carbocycles. The summed E-state index contributed by atoms with van der Waals surface area (Å²) in [4.78, 5) is 0. The van der Waals surface area contributed by atoms with E-state index in [-0.39, 0.29) is 0 Å². The first kappa shape index (κ1) is 11.3. The van der Waals surface area contributed by atoms with Gasteiger partial charge in [-0.1, -0.05) is 6.07 Å². The molecule has 1 aliphatic rings. The van der Waals surface area contributed by atoms with Crippen LogP contribution in [0.5, 0.6) is 11.5 Å². The van der Waals surface area contributed by atoms with E-state index in [9.17, 15) is 0 Å². The monoisotopic (exact) mass is 221 g/mol. The summed E-state index contributed by atoms with van der Waals surface area (Å²) in [6.07, 6.45) is 3.42. The molecule has 0 heterocycles. The molecule has 2 N–H and O–H groups in total. The average Bonchev–Trinajstić information content (AvgIpc) is 2.36. The molecule has 0 bridgehead atoms. The Bertz CT molecular complexity index is 376. The molecule has 1 aromatic carbocycles. The van der Waals surface area contributed by atoms with E-state index in [1.54, 1.807) is 14.2 Å². The highest BCUT2D eigenvalue weighted by atomic mass is 16.5. The van der Waals surface area contributed by atoms with Crippen molar-refractivity contribution in [3.63, 3.8) is 0 Å². The van der Waals surface area contributed by atoms with Gasteiger partial charge in [-0.25, -0.2) is 0 Å². The third kappa shape index (κ3) is 1.76. The molecule has 0 radical (unpaired) electrons. The third-order valence-corrected chi connectivity index (χ3v) is 3.39. The number of methoxy groups -OCH3 is 2. The Morgan fingerprint density at radius 3 is 2.75 bits per heavy atom. The largest absolute Gasteiger partial charge is 0.493 e. The van der Waals surface area contributed by atoms with Gasteiger partial charge in [0.25, 0.3) is 0 Å². The zero-order valence-electron chi connectivity index (χ0n) is 9.95.